The second-order valence-corrected chi connectivity index (χ2v) is 9.21. The van der Waals surface area contributed by atoms with E-state index in [1.165, 1.54) is 38.5 Å². The van der Waals surface area contributed by atoms with Crippen LogP contribution in [0.1, 0.15) is 97.3 Å². The molecule has 0 aromatic heterocycles. The van der Waals surface area contributed by atoms with E-state index in [0.29, 0.717) is 11.0 Å². The number of aliphatic carboxylic acids is 1. The molecule has 0 fully saturated rings. The molecule has 0 saturated carbocycles. The van der Waals surface area contributed by atoms with Gasteiger partial charge in [-0.05, 0) is 12.8 Å². The Labute approximate surface area is 173 Å². The molecule has 5 nitrogen and oxygen atoms in total. The van der Waals surface area contributed by atoms with E-state index in [1.54, 1.807) is 0 Å². The average Bonchev–Trinajstić information content (AvgIpc) is 2.57. The Morgan fingerprint density at radius 3 is 1.75 bits per heavy atom. The fourth-order valence-corrected chi connectivity index (χ4v) is 3.57. The minimum absolute atomic E-state index is 0.111. The molecule has 0 radical (unpaired) electrons. The van der Waals surface area contributed by atoms with Crippen LogP contribution >= 0.6 is 0 Å². The number of rotatable bonds is 18. The smallest absolute Gasteiger partial charge is 0.309 e. The van der Waals surface area contributed by atoms with Crippen LogP contribution in [-0.4, -0.2) is 50.2 Å². The Bertz CT molecular complexity index is 417. The fraction of sp³-hybridized carbons (Fsp3) is 0.913. The van der Waals surface area contributed by atoms with Crippen LogP contribution in [0.5, 0.6) is 0 Å². The van der Waals surface area contributed by atoms with E-state index in [4.69, 9.17) is 4.74 Å². The zero-order chi connectivity index (χ0) is 21.4. The minimum Gasteiger partial charge on any atom is -0.550 e. The molecule has 28 heavy (non-hydrogen) atoms. The number of carbonyl (C=O) groups is 2. The molecule has 0 amide bonds. The van der Waals surface area contributed by atoms with Crippen LogP contribution in [0.2, 0.25) is 0 Å². The van der Waals surface area contributed by atoms with Crippen molar-refractivity contribution in [2.45, 2.75) is 103 Å². The molecule has 0 bridgehead atoms. The van der Waals surface area contributed by atoms with E-state index in [9.17, 15) is 14.7 Å². The maximum Gasteiger partial charge on any atom is 0.309 e. The third-order valence-corrected chi connectivity index (χ3v) is 5.07. The minimum atomic E-state index is -1.17. The number of hydrogen-bond donors (Lipinski definition) is 0. The SMILES string of the molecule is CCCCCCCCC(CCCCCC)C(=O)OC(CC(=O)[O-])C[N+](C)(C)C. The summed E-state index contributed by atoms with van der Waals surface area (Å²) in [6.45, 7) is 4.86. The Balaban J connectivity index is 4.70. The molecule has 2 unspecified atom stereocenters. The molecule has 0 rings (SSSR count). The van der Waals surface area contributed by atoms with E-state index in [2.05, 4.69) is 13.8 Å². The summed E-state index contributed by atoms with van der Waals surface area (Å²) < 4.78 is 6.22. The number of hydrogen-bond acceptors (Lipinski definition) is 4. The highest BCUT2D eigenvalue weighted by Crippen LogP contribution is 2.21. The predicted molar refractivity (Wildman–Crippen MR) is 113 cm³/mol. The summed E-state index contributed by atoms with van der Waals surface area (Å²) in [6.07, 6.45) is 12.5. The highest BCUT2D eigenvalue weighted by molar-refractivity contribution is 5.73. The second kappa shape index (κ2) is 15.8. The second-order valence-electron chi connectivity index (χ2n) is 9.21. The molecule has 0 aromatic rings. The number of nitrogens with zero attached hydrogens (tertiary/aromatic N) is 1. The van der Waals surface area contributed by atoms with Crippen LogP contribution < -0.4 is 5.11 Å². The number of carboxylic acids is 1. The molecule has 0 aliphatic rings. The molecule has 166 valence electrons. The van der Waals surface area contributed by atoms with E-state index in [0.717, 1.165) is 38.5 Å². The van der Waals surface area contributed by atoms with E-state index >= 15 is 0 Å². The van der Waals surface area contributed by atoms with Crippen LogP contribution in [0.25, 0.3) is 0 Å². The van der Waals surface area contributed by atoms with Crippen molar-refractivity contribution >= 4 is 11.9 Å². The monoisotopic (exact) mass is 399 g/mol. The molecule has 0 saturated heterocycles. The van der Waals surface area contributed by atoms with Crippen molar-refractivity contribution in [1.29, 1.82) is 0 Å². The number of quaternary nitrogens is 1. The Kier molecular flexibility index (Phi) is 15.2. The lowest BCUT2D eigenvalue weighted by Crippen LogP contribution is -2.45. The zero-order valence-electron chi connectivity index (χ0n) is 19.1. The van der Waals surface area contributed by atoms with Crippen LogP contribution in [0.15, 0.2) is 0 Å². The molecular formula is C23H45NO4. The van der Waals surface area contributed by atoms with E-state index in [1.807, 2.05) is 21.1 Å². The Hall–Kier alpha value is -1.10. The summed E-state index contributed by atoms with van der Waals surface area (Å²) in [5.41, 5.74) is 0. The van der Waals surface area contributed by atoms with Crippen molar-refractivity contribution < 1.29 is 23.9 Å². The van der Waals surface area contributed by atoms with Crippen molar-refractivity contribution in [3.05, 3.63) is 0 Å². The number of carbonyl (C=O) groups excluding carboxylic acids is 2. The maximum absolute atomic E-state index is 12.8. The van der Waals surface area contributed by atoms with Gasteiger partial charge in [0, 0.05) is 12.4 Å². The van der Waals surface area contributed by atoms with Gasteiger partial charge in [0.1, 0.15) is 6.54 Å². The summed E-state index contributed by atoms with van der Waals surface area (Å²) in [6, 6.07) is 0. The molecular weight excluding hydrogens is 354 g/mol. The van der Waals surface area contributed by atoms with Gasteiger partial charge in [-0.25, -0.2) is 0 Å². The quantitative estimate of drug-likeness (QED) is 0.198. The molecule has 0 aliphatic carbocycles. The van der Waals surface area contributed by atoms with Gasteiger partial charge in [0.25, 0.3) is 0 Å². The lowest BCUT2D eigenvalue weighted by Gasteiger charge is -2.30. The first-order chi connectivity index (χ1) is 13.2. The lowest BCUT2D eigenvalue weighted by atomic mass is 9.94. The highest BCUT2D eigenvalue weighted by Gasteiger charge is 2.26. The van der Waals surface area contributed by atoms with Gasteiger partial charge in [0.15, 0.2) is 6.10 Å². The first-order valence-electron chi connectivity index (χ1n) is 11.4. The number of likely N-dealkylation sites (N-methyl/N-ethyl adjacent to an activating group) is 1. The van der Waals surface area contributed by atoms with Crippen molar-refractivity contribution in [3.8, 4) is 0 Å². The summed E-state index contributed by atoms with van der Waals surface area (Å²) in [5, 5.41) is 11.1. The van der Waals surface area contributed by atoms with E-state index < -0.39 is 12.1 Å². The van der Waals surface area contributed by atoms with Gasteiger partial charge in [-0.3, -0.25) is 4.79 Å². The largest absolute Gasteiger partial charge is 0.550 e. The van der Waals surface area contributed by atoms with Crippen LogP contribution in [0.3, 0.4) is 0 Å². The molecule has 0 aliphatic heterocycles. The zero-order valence-corrected chi connectivity index (χ0v) is 19.1. The third kappa shape index (κ3) is 15.9. The average molecular weight is 400 g/mol. The first-order valence-corrected chi connectivity index (χ1v) is 11.4. The number of carboxylic acid groups (broad SMARTS) is 1. The fourth-order valence-electron chi connectivity index (χ4n) is 3.57. The van der Waals surface area contributed by atoms with Crippen LogP contribution in [-0.2, 0) is 14.3 Å². The van der Waals surface area contributed by atoms with Gasteiger partial charge < -0.3 is 19.1 Å². The van der Waals surface area contributed by atoms with Gasteiger partial charge >= 0.3 is 5.97 Å². The van der Waals surface area contributed by atoms with Crippen LogP contribution in [0, 0.1) is 5.92 Å². The molecule has 5 heteroatoms. The molecule has 0 aromatic carbocycles. The van der Waals surface area contributed by atoms with Crippen molar-refractivity contribution in [2.24, 2.45) is 5.92 Å². The first kappa shape index (κ1) is 26.9. The van der Waals surface area contributed by atoms with Gasteiger partial charge in [-0.15, -0.1) is 0 Å². The van der Waals surface area contributed by atoms with Gasteiger partial charge in [-0.1, -0.05) is 78.1 Å². The van der Waals surface area contributed by atoms with Crippen LogP contribution in [0.4, 0.5) is 0 Å². The lowest BCUT2D eigenvalue weighted by molar-refractivity contribution is -0.873. The van der Waals surface area contributed by atoms with Gasteiger partial charge in [0.2, 0.25) is 0 Å². The molecule has 0 spiro atoms. The summed E-state index contributed by atoms with van der Waals surface area (Å²) in [4.78, 5) is 23.9. The summed E-state index contributed by atoms with van der Waals surface area (Å²) >= 11 is 0. The van der Waals surface area contributed by atoms with E-state index in [-0.39, 0.29) is 18.3 Å². The Morgan fingerprint density at radius 1 is 0.821 bits per heavy atom. The van der Waals surface area contributed by atoms with Gasteiger partial charge in [0.05, 0.1) is 27.1 Å². The van der Waals surface area contributed by atoms with Crippen molar-refractivity contribution in [2.75, 3.05) is 27.7 Å². The topological polar surface area (TPSA) is 66.4 Å². The molecule has 2 atom stereocenters. The molecule has 0 N–H and O–H groups in total. The number of esters is 1. The normalized spacial score (nSPS) is 13.9. The summed E-state index contributed by atoms with van der Waals surface area (Å²) in [5.74, 6) is -1.49. The summed E-state index contributed by atoms with van der Waals surface area (Å²) in [7, 11) is 5.90. The highest BCUT2D eigenvalue weighted by atomic mass is 16.5. The Morgan fingerprint density at radius 2 is 1.29 bits per heavy atom. The van der Waals surface area contributed by atoms with Gasteiger partial charge in [-0.2, -0.15) is 0 Å². The standard InChI is InChI=1S/C23H45NO4/c1-6-8-10-12-13-15-17-20(16-14-11-9-7-2)23(27)28-21(18-22(25)26)19-24(3,4)5/h20-21H,6-19H2,1-5H3. The predicted octanol–water partition coefficient (Wildman–Crippen LogP) is 4.08. The van der Waals surface area contributed by atoms with Crippen molar-refractivity contribution in [3.63, 3.8) is 0 Å². The third-order valence-electron chi connectivity index (χ3n) is 5.07. The maximum atomic E-state index is 12.8. The van der Waals surface area contributed by atoms with Crippen molar-refractivity contribution in [1.82, 2.24) is 0 Å². The number of ether oxygens (including phenoxy) is 1. The number of unbranched alkanes of at least 4 members (excludes halogenated alkanes) is 8. The molecule has 0 heterocycles.